The van der Waals surface area contributed by atoms with E-state index in [9.17, 15) is 0 Å². The molecule has 0 amide bonds. The van der Waals surface area contributed by atoms with E-state index >= 15 is 0 Å². The van der Waals surface area contributed by atoms with Gasteiger partial charge in [-0.05, 0) is 41.8 Å². The van der Waals surface area contributed by atoms with Gasteiger partial charge in [-0.15, -0.1) is 24.0 Å². The smallest absolute Gasteiger partial charge is 0.191 e. The molecule has 0 saturated carbocycles. The number of hydrogen-bond acceptors (Lipinski definition) is 4. The molecule has 1 aromatic heterocycles. The maximum absolute atomic E-state index is 5.95. The summed E-state index contributed by atoms with van der Waals surface area (Å²) in [6.45, 7) is 4.78. The van der Waals surface area contributed by atoms with Crippen molar-refractivity contribution < 1.29 is 4.74 Å². The summed E-state index contributed by atoms with van der Waals surface area (Å²) in [5.74, 6) is 0.841. The Balaban J connectivity index is 0.00000176. The van der Waals surface area contributed by atoms with Crippen molar-refractivity contribution >= 4 is 41.3 Å². The van der Waals surface area contributed by atoms with Gasteiger partial charge in [0, 0.05) is 32.7 Å². The number of fused-ring (bicyclic) bond motifs is 1. The quantitative estimate of drug-likeness (QED) is 0.430. The minimum absolute atomic E-state index is 0. The highest BCUT2D eigenvalue weighted by Gasteiger charge is 2.31. The molecule has 0 aromatic carbocycles. The molecule has 1 aromatic rings. The first-order valence-corrected chi connectivity index (χ1v) is 8.60. The minimum Gasteiger partial charge on any atom is -0.373 e. The molecule has 7 heteroatoms. The largest absolute Gasteiger partial charge is 0.373 e. The van der Waals surface area contributed by atoms with Crippen LogP contribution < -0.4 is 10.6 Å². The molecule has 0 aliphatic carbocycles. The van der Waals surface area contributed by atoms with Crippen LogP contribution in [0.5, 0.6) is 0 Å². The third-order valence-electron chi connectivity index (χ3n) is 4.22. The van der Waals surface area contributed by atoms with Crippen molar-refractivity contribution in [1.82, 2.24) is 15.5 Å². The molecule has 2 aliphatic rings. The van der Waals surface area contributed by atoms with Crippen LogP contribution in [0.25, 0.3) is 0 Å². The number of ether oxygens (including phenoxy) is 1. The van der Waals surface area contributed by atoms with Crippen molar-refractivity contribution in [1.29, 1.82) is 0 Å². The van der Waals surface area contributed by atoms with Gasteiger partial charge < -0.3 is 15.4 Å². The standard InChI is InChI=1S/C15H24N4OS.HI/c1-16-15(17-7-12-4-6-21-11-12)18-8-14-9-19-5-2-3-13(19)10-20-14;/h4,6,11,13-14H,2-3,5,7-10H2,1H3,(H2,16,17,18);1H. The molecule has 2 unspecified atom stereocenters. The molecule has 0 spiro atoms. The Morgan fingerprint density at radius 1 is 1.50 bits per heavy atom. The van der Waals surface area contributed by atoms with E-state index in [0.717, 1.165) is 32.2 Å². The van der Waals surface area contributed by atoms with Gasteiger partial charge >= 0.3 is 0 Å². The van der Waals surface area contributed by atoms with Crippen molar-refractivity contribution in [3.8, 4) is 0 Å². The van der Waals surface area contributed by atoms with Crippen LogP contribution in [0.15, 0.2) is 21.8 Å². The number of rotatable bonds is 4. The van der Waals surface area contributed by atoms with E-state index in [4.69, 9.17) is 4.74 Å². The number of guanidine groups is 1. The number of thiophene rings is 1. The van der Waals surface area contributed by atoms with Crippen LogP contribution in [0.3, 0.4) is 0 Å². The van der Waals surface area contributed by atoms with Crippen LogP contribution in [-0.2, 0) is 11.3 Å². The molecule has 0 radical (unpaired) electrons. The summed E-state index contributed by atoms with van der Waals surface area (Å²) in [5.41, 5.74) is 1.29. The number of nitrogens with one attached hydrogen (secondary N) is 2. The van der Waals surface area contributed by atoms with Gasteiger partial charge in [-0.25, -0.2) is 0 Å². The highest BCUT2D eigenvalue weighted by atomic mass is 127. The Hall–Kier alpha value is -0.380. The number of morpholine rings is 1. The zero-order chi connectivity index (χ0) is 14.5. The average molecular weight is 436 g/mol. The van der Waals surface area contributed by atoms with Crippen LogP contribution in [0.2, 0.25) is 0 Å². The first-order valence-electron chi connectivity index (χ1n) is 7.66. The van der Waals surface area contributed by atoms with Gasteiger partial charge in [0.05, 0.1) is 12.7 Å². The topological polar surface area (TPSA) is 48.9 Å². The Morgan fingerprint density at radius 3 is 3.18 bits per heavy atom. The van der Waals surface area contributed by atoms with Gasteiger partial charge in [0.1, 0.15) is 0 Å². The van der Waals surface area contributed by atoms with E-state index < -0.39 is 0 Å². The van der Waals surface area contributed by atoms with Crippen molar-refractivity contribution in [2.24, 2.45) is 4.99 Å². The van der Waals surface area contributed by atoms with Gasteiger partial charge in [-0.3, -0.25) is 9.89 Å². The first-order chi connectivity index (χ1) is 10.3. The molecule has 0 bridgehead atoms. The fraction of sp³-hybridized carbons (Fsp3) is 0.667. The zero-order valence-electron chi connectivity index (χ0n) is 13.0. The Morgan fingerprint density at radius 2 is 2.41 bits per heavy atom. The van der Waals surface area contributed by atoms with Gasteiger partial charge in [0.2, 0.25) is 0 Å². The molecule has 5 nitrogen and oxygen atoms in total. The molecule has 3 heterocycles. The molecule has 124 valence electrons. The average Bonchev–Trinajstić information content (AvgIpc) is 3.18. The lowest BCUT2D eigenvalue weighted by Gasteiger charge is -2.35. The normalized spacial score (nSPS) is 25.4. The molecule has 22 heavy (non-hydrogen) atoms. The van der Waals surface area contributed by atoms with E-state index in [0.29, 0.717) is 6.04 Å². The third-order valence-corrected chi connectivity index (χ3v) is 4.95. The van der Waals surface area contributed by atoms with Crippen molar-refractivity contribution in [2.75, 3.05) is 33.3 Å². The lowest BCUT2D eigenvalue weighted by atomic mass is 10.2. The molecule has 2 atom stereocenters. The van der Waals surface area contributed by atoms with E-state index in [2.05, 4.69) is 37.4 Å². The highest BCUT2D eigenvalue weighted by Crippen LogP contribution is 2.22. The van der Waals surface area contributed by atoms with Crippen molar-refractivity contribution in [3.05, 3.63) is 22.4 Å². The van der Waals surface area contributed by atoms with E-state index in [1.165, 1.54) is 24.9 Å². The van der Waals surface area contributed by atoms with Gasteiger partial charge in [0.25, 0.3) is 0 Å². The molecule has 3 rings (SSSR count). The van der Waals surface area contributed by atoms with Crippen LogP contribution in [0.4, 0.5) is 0 Å². The Kier molecular flexibility index (Phi) is 7.39. The second-order valence-corrected chi connectivity index (χ2v) is 6.46. The fourth-order valence-corrected chi connectivity index (χ4v) is 3.69. The molecular weight excluding hydrogens is 411 g/mol. The van der Waals surface area contributed by atoms with Gasteiger partial charge in [-0.1, -0.05) is 0 Å². The number of hydrogen-bond donors (Lipinski definition) is 2. The summed E-state index contributed by atoms with van der Waals surface area (Å²) in [7, 11) is 1.81. The summed E-state index contributed by atoms with van der Waals surface area (Å²) in [4.78, 5) is 6.83. The first kappa shape index (κ1) is 18.0. The molecular formula is C15H25IN4OS. The monoisotopic (exact) mass is 436 g/mol. The Bertz CT molecular complexity index is 468. The molecule has 2 saturated heterocycles. The van der Waals surface area contributed by atoms with E-state index in [1.54, 1.807) is 18.4 Å². The second kappa shape index (κ2) is 9.05. The lowest BCUT2D eigenvalue weighted by Crippen LogP contribution is -2.51. The number of aliphatic imine (C=N–C) groups is 1. The third kappa shape index (κ3) is 4.81. The van der Waals surface area contributed by atoms with Crippen LogP contribution in [-0.4, -0.2) is 56.3 Å². The molecule has 2 N–H and O–H groups in total. The number of halogens is 1. The van der Waals surface area contributed by atoms with E-state index in [-0.39, 0.29) is 30.1 Å². The van der Waals surface area contributed by atoms with Crippen molar-refractivity contribution in [3.63, 3.8) is 0 Å². The second-order valence-electron chi connectivity index (χ2n) is 5.68. The Labute approximate surface area is 153 Å². The summed E-state index contributed by atoms with van der Waals surface area (Å²) in [5, 5.41) is 10.9. The predicted octanol–water partition coefficient (Wildman–Crippen LogP) is 1.89. The van der Waals surface area contributed by atoms with Gasteiger partial charge in [-0.2, -0.15) is 11.3 Å². The van der Waals surface area contributed by atoms with Crippen LogP contribution in [0.1, 0.15) is 18.4 Å². The lowest BCUT2D eigenvalue weighted by molar-refractivity contribution is -0.0453. The fourth-order valence-electron chi connectivity index (χ4n) is 3.02. The minimum atomic E-state index is 0. The highest BCUT2D eigenvalue weighted by molar-refractivity contribution is 14.0. The van der Waals surface area contributed by atoms with E-state index in [1.807, 2.05) is 0 Å². The van der Waals surface area contributed by atoms with Gasteiger partial charge in [0.15, 0.2) is 5.96 Å². The summed E-state index contributed by atoms with van der Waals surface area (Å²) >= 11 is 1.72. The number of nitrogens with zero attached hydrogens (tertiary/aromatic N) is 2. The molecule has 2 aliphatic heterocycles. The summed E-state index contributed by atoms with van der Waals surface area (Å²) in [6.07, 6.45) is 2.88. The molecule has 2 fully saturated rings. The van der Waals surface area contributed by atoms with Crippen LogP contribution >= 0.6 is 35.3 Å². The SMILES string of the molecule is CN=C(NCc1ccsc1)NCC1CN2CCCC2CO1.I. The maximum atomic E-state index is 5.95. The predicted molar refractivity (Wildman–Crippen MR) is 102 cm³/mol. The summed E-state index contributed by atoms with van der Waals surface area (Å²) in [6, 6.07) is 2.79. The maximum Gasteiger partial charge on any atom is 0.191 e. The van der Waals surface area contributed by atoms with Crippen LogP contribution in [0, 0.1) is 0 Å². The van der Waals surface area contributed by atoms with Crippen molar-refractivity contribution in [2.45, 2.75) is 31.5 Å². The summed E-state index contributed by atoms with van der Waals surface area (Å²) < 4.78 is 5.95. The zero-order valence-corrected chi connectivity index (χ0v) is 16.1.